The molecule has 2 amide bonds. The van der Waals surface area contributed by atoms with Gasteiger partial charge in [-0.2, -0.15) is 5.26 Å². The lowest BCUT2D eigenvalue weighted by Crippen LogP contribution is -2.35. The lowest BCUT2D eigenvalue weighted by Gasteiger charge is -2.23. The summed E-state index contributed by atoms with van der Waals surface area (Å²) < 4.78 is 5.18. The predicted molar refractivity (Wildman–Crippen MR) is 109 cm³/mol. The van der Waals surface area contributed by atoms with E-state index in [9.17, 15) is 14.4 Å². The number of nitriles is 1. The summed E-state index contributed by atoms with van der Waals surface area (Å²) in [5.41, 5.74) is 2.31. The minimum atomic E-state index is -0.498. The van der Waals surface area contributed by atoms with E-state index in [0.717, 1.165) is 53.5 Å². The molecule has 29 heavy (non-hydrogen) atoms. The van der Waals surface area contributed by atoms with E-state index in [1.165, 1.54) is 0 Å². The van der Waals surface area contributed by atoms with Gasteiger partial charge in [0.2, 0.25) is 5.91 Å². The third-order valence-electron chi connectivity index (χ3n) is 5.54. The highest BCUT2D eigenvalue weighted by Gasteiger charge is 2.39. The molecule has 3 rings (SSSR count). The first kappa shape index (κ1) is 21.2. The molecule has 0 spiro atoms. The van der Waals surface area contributed by atoms with Gasteiger partial charge in [-0.05, 0) is 61.7 Å². The Morgan fingerprint density at radius 2 is 1.93 bits per heavy atom. The van der Waals surface area contributed by atoms with E-state index in [4.69, 9.17) is 10.00 Å². The van der Waals surface area contributed by atoms with Crippen LogP contribution in [-0.4, -0.2) is 41.9 Å². The van der Waals surface area contributed by atoms with Crippen LogP contribution in [0.4, 0.5) is 5.69 Å². The highest BCUT2D eigenvalue weighted by Crippen LogP contribution is 2.30. The summed E-state index contributed by atoms with van der Waals surface area (Å²) in [4.78, 5) is 39.4. The van der Waals surface area contributed by atoms with Crippen LogP contribution in [0.5, 0.6) is 0 Å². The fourth-order valence-electron chi connectivity index (χ4n) is 4.12. The molecule has 1 aliphatic carbocycles. The summed E-state index contributed by atoms with van der Waals surface area (Å²) in [5.74, 6) is -1.42. The molecule has 154 valence electrons. The number of amides is 2. The molecule has 8 heteroatoms. The van der Waals surface area contributed by atoms with Gasteiger partial charge in [0.25, 0.3) is 5.91 Å². The summed E-state index contributed by atoms with van der Waals surface area (Å²) in [6.07, 6.45) is 4.41. The average molecular weight is 416 g/mol. The molecule has 0 aromatic heterocycles. The van der Waals surface area contributed by atoms with Gasteiger partial charge in [-0.15, -0.1) is 0 Å². The predicted octanol–water partition coefficient (Wildman–Crippen LogP) is 3.15. The standard InChI is InChI=1S/C21H25N3O4S/c1-13-7-17(29-12-22)8-14(2)20(13)23-18(25)11-28-21(27)15-9-19(26)24(10-15)16-5-3-4-6-16/h7-8,15-16H,3-6,9-11H2,1-2H3,(H,23,25)/t15-/m1/s1. The highest BCUT2D eigenvalue weighted by molar-refractivity contribution is 8.03. The Kier molecular flexibility index (Phi) is 6.80. The molecule has 2 fully saturated rings. The van der Waals surface area contributed by atoms with Crippen molar-refractivity contribution in [1.29, 1.82) is 5.26 Å². The van der Waals surface area contributed by atoms with Gasteiger partial charge in [0.15, 0.2) is 6.61 Å². The van der Waals surface area contributed by atoms with Crippen molar-refractivity contribution in [3.63, 3.8) is 0 Å². The van der Waals surface area contributed by atoms with Crippen LogP contribution in [0, 0.1) is 30.4 Å². The first-order valence-electron chi connectivity index (χ1n) is 9.82. The maximum atomic E-state index is 12.3. The fraction of sp³-hybridized carbons (Fsp3) is 0.524. The molecule has 1 N–H and O–H groups in total. The molecule has 7 nitrogen and oxygen atoms in total. The minimum Gasteiger partial charge on any atom is -0.455 e. The first-order chi connectivity index (χ1) is 13.9. The molecular weight excluding hydrogens is 390 g/mol. The number of hydrogen-bond acceptors (Lipinski definition) is 6. The van der Waals surface area contributed by atoms with Gasteiger partial charge in [-0.1, -0.05) is 12.8 Å². The average Bonchev–Trinajstić information content (AvgIpc) is 3.32. The van der Waals surface area contributed by atoms with Crippen molar-refractivity contribution in [3.05, 3.63) is 23.3 Å². The van der Waals surface area contributed by atoms with Crippen LogP contribution < -0.4 is 5.32 Å². The van der Waals surface area contributed by atoms with Crippen molar-refractivity contribution < 1.29 is 19.1 Å². The third-order valence-corrected chi connectivity index (χ3v) is 6.10. The van der Waals surface area contributed by atoms with Gasteiger partial charge in [0.05, 0.1) is 5.92 Å². The largest absolute Gasteiger partial charge is 0.455 e. The minimum absolute atomic E-state index is 0.00452. The Morgan fingerprint density at radius 3 is 2.55 bits per heavy atom. The number of rotatable bonds is 6. The molecule has 1 saturated heterocycles. The summed E-state index contributed by atoms with van der Waals surface area (Å²) in [7, 11) is 0. The quantitative estimate of drug-likeness (QED) is 0.435. The maximum Gasteiger partial charge on any atom is 0.311 e. The Morgan fingerprint density at radius 1 is 1.28 bits per heavy atom. The number of carbonyl (C=O) groups excluding carboxylic acids is 3. The van der Waals surface area contributed by atoms with Crippen LogP contribution in [0.2, 0.25) is 0 Å². The summed E-state index contributed by atoms with van der Waals surface area (Å²) in [5, 5.41) is 13.6. The molecule has 2 aliphatic rings. The summed E-state index contributed by atoms with van der Waals surface area (Å²) >= 11 is 1.06. The SMILES string of the molecule is Cc1cc(SC#N)cc(C)c1NC(=O)COC(=O)[C@@H]1CC(=O)N(C2CCCC2)C1. The van der Waals surface area contributed by atoms with Crippen molar-refractivity contribution >= 4 is 35.2 Å². The van der Waals surface area contributed by atoms with Gasteiger partial charge < -0.3 is 15.0 Å². The molecule has 0 radical (unpaired) electrons. The Hall–Kier alpha value is -2.53. The van der Waals surface area contributed by atoms with Crippen LogP contribution in [-0.2, 0) is 19.1 Å². The number of nitrogens with zero attached hydrogens (tertiary/aromatic N) is 2. The van der Waals surface area contributed by atoms with E-state index >= 15 is 0 Å². The molecule has 1 aromatic rings. The number of ether oxygens (including phenoxy) is 1. The van der Waals surface area contributed by atoms with E-state index in [2.05, 4.69) is 5.32 Å². The second kappa shape index (κ2) is 9.31. The molecule has 1 aliphatic heterocycles. The van der Waals surface area contributed by atoms with Crippen molar-refractivity contribution in [3.8, 4) is 5.40 Å². The number of benzene rings is 1. The van der Waals surface area contributed by atoms with Crippen LogP contribution in [0.3, 0.4) is 0 Å². The number of nitrogens with one attached hydrogen (secondary N) is 1. The lowest BCUT2D eigenvalue weighted by atomic mass is 10.1. The second-order valence-corrected chi connectivity index (χ2v) is 8.52. The molecule has 1 heterocycles. The van der Waals surface area contributed by atoms with E-state index in [1.54, 1.807) is 0 Å². The topological polar surface area (TPSA) is 99.5 Å². The lowest BCUT2D eigenvalue weighted by molar-refractivity contribution is -0.151. The number of anilines is 1. The third kappa shape index (κ3) is 5.10. The number of likely N-dealkylation sites (tertiary alicyclic amines) is 1. The Balaban J connectivity index is 1.51. The summed E-state index contributed by atoms with van der Waals surface area (Å²) in [6, 6.07) is 3.89. The fourth-order valence-corrected chi connectivity index (χ4v) is 4.70. The first-order valence-corrected chi connectivity index (χ1v) is 10.6. The van der Waals surface area contributed by atoms with Crippen molar-refractivity contribution in [2.24, 2.45) is 5.92 Å². The molecule has 0 unspecified atom stereocenters. The van der Waals surface area contributed by atoms with Crippen molar-refractivity contribution in [2.45, 2.75) is 56.9 Å². The normalized spacial score (nSPS) is 19.3. The number of esters is 1. The van der Waals surface area contributed by atoms with Gasteiger partial charge in [0.1, 0.15) is 5.40 Å². The Labute approximate surface area is 174 Å². The molecule has 1 saturated carbocycles. The zero-order valence-electron chi connectivity index (χ0n) is 16.7. The van der Waals surface area contributed by atoms with Crippen LogP contribution >= 0.6 is 11.8 Å². The van der Waals surface area contributed by atoms with E-state index in [1.807, 2.05) is 36.3 Å². The maximum absolute atomic E-state index is 12.3. The van der Waals surface area contributed by atoms with E-state index < -0.39 is 17.8 Å². The monoisotopic (exact) mass is 415 g/mol. The number of aryl methyl sites for hydroxylation is 2. The zero-order chi connectivity index (χ0) is 21.0. The van der Waals surface area contributed by atoms with Crippen molar-refractivity contribution in [1.82, 2.24) is 4.90 Å². The zero-order valence-corrected chi connectivity index (χ0v) is 17.5. The Bertz CT molecular complexity index is 835. The van der Waals surface area contributed by atoms with Crippen LogP contribution in [0.15, 0.2) is 17.0 Å². The number of hydrogen-bond donors (Lipinski definition) is 1. The number of thiocyanates is 1. The highest BCUT2D eigenvalue weighted by atomic mass is 32.2. The molecule has 0 bridgehead atoms. The van der Waals surface area contributed by atoms with Gasteiger partial charge >= 0.3 is 5.97 Å². The van der Waals surface area contributed by atoms with Gasteiger partial charge in [-0.25, -0.2) is 0 Å². The second-order valence-electron chi connectivity index (χ2n) is 7.67. The number of carbonyl (C=O) groups is 3. The van der Waals surface area contributed by atoms with Gasteiger partial charge in [0, 0.05) is 29.6 Å². The molecule has 1 atom stereocenters. The molecule has 1 aromatic carbocycles. The summed E-state index contributed by atoms with van der Waals surface area (Å²) in [6.45, 7) is 3.69. The van der Waals surface area contributed by atoms with Crippen LogP contribution in [0.1, 0.15) is 43.2 Å². The van der Waals surface area contributed by atoms with Crippen molar-refractivity contribution in [2.75, 3.05) is 18.5 Å². The smallest absolute Gasteiger partial charge is 0.311 e. The molecular formula is C21H25N3O4S. The van der Waals surface area contributed by atoms with E-state index in [-0.39, 0.29) is 25.0 Å². The van der Waals surface area contributed by atoms with E-state index in [0.29, 0.717) is 12.2 Å². The number of thioether (sulfide) groups is 1. The van der Waals surface area contributed by atoms with Crippen LogP contribution in [0.25, 0.3) is 0 Å². The van der Waals surface area contributed by atoms with Gasteiger partial charge in [-0.3, -0.25) is 14.4 Å².